The van der Waals surface area contributed by atoms with Crippen LogP contribution in [-0.4, -0.2) is 10.9 Å². The van der Waals surface area contributed by atoms with E-state index in [0.717, 1.165) is 24.1 Å². The number of benzene rings is 2. The Kier molecular flexibility index (Phi) is 6.15. The number of amides is 1. The van der Waals surface area contributed by atoms with E-state index in [4.69, 9.17) is 0 Å². The molecule has 3 rings (SSSR count). The highest BCUT2D eigenvalue weighted by atomic mass is 16.1. The zero-order valence-electron chi connectivity index (χ0n) is 15.1. The fourth-order valence-corrected chi connectivity index (χ4v) is 2.96. The Labute approximate surface area is 155 Å². The molecule has 132 valence electrons. The molecule has 3 aromatic rings. The molecule has 26 heavy (non-hydrogen) atoms. The standard InChI is InChI=1S/C23H24N2O/c1-18-13-15-19(16-14-18)8-7-12-22(26)25-23(20-9-3-2-4-10-20)21-11-5-6-17-24-21/h2-6,9-11,13-17,23H,7-8,12H2,1H3,(H,25,26). The van der Waals surface area contributed by atoms with Gasteiger partial charge in [0.15, 0.2) is 0 Å². The van der Waals surface area contributed by atoms with Crippen molar-refractivity contribution in [2.45, 2.75) is 32.2 Å². The molecule has 0 radical (unpaired) electrons. The van der Waals surface area contributed by atoms with E-state index in [1.54, 1.807) is 6.20 Å². The van der Waals surface area contributed by atoms with Crippen LogP contribution >= 0.6 is 0 Å². The van der Waals surface area contributed by atoms with Crippen LogP contribution in [0.5, 0.6) is 0 Å². The summed E-state index contributed by atoms with van der Waals surface area (Å²) in [5.74, 6) is 0.0524. The van der Waals surface area contributed by atoms with Crippen LogP contribution in [0.3, 0.4) is 0 Å². The summed E-state index contributed by atoms with van der Waals surface area (Å²) in [6.07, 6.45) is 4.00. The highest BCUT2D eigenvalue weighted by molar-refractivity contribution is 5.76. The van der Waals surface area contributed by atoms with Gasteiger partial charge in [-0.1, -0.05) is 66.2 Å². The Morgan fingerprint density at radius 1 is 0.962 bits per heavy atom. The Balaban J connectivity index is 1.61. The molecule has 3 heteroatoms. The van der Waals surface area contributed by atoms with Crippen molar-refractivity contribution in [3.8, 4) is 0 Å². The van der Waals surface area contributed by atoms with Gasteiger partial charge in [-0.15, -0.1) is 0 Å². The first-order valence-electron chi connectivity index (χ1n) is 9.03. The maximum Gasteiger partial charge on any atom is 0.220 e. The molecule has 0 fully saturated rings. The molecule has 0 aliphatic carbocycles. The molecule has 1 heterocycles. The number of pyridine rings is 1. The predicted octanol–water partition coefficient (Wildman–Crippen LogP) is 4.62. The molecular weight excluding hydrogens is 320 g/mol. The molecule has 2 aromatic carbocycles. The molecule has 1 amide bonds. The Morgan fingerprint density at radius 3 is 2.38 bits per heavy atom. The van der Waals surface area contributed by atoms with Crippen LogP contribution in [-0.2, 0) is 11.2 Å². The summed E-state index contributed by atoms with van der Waals surface area (Å²) in [6.45, 7) is 2.08. The van der Waals surface area contributed by atoms with Crippen molar-refractivity contribution in [2.24, 2.45) is 0 Å². The van der Waals surface area contributed by atoms with Gasteiger partial charge in [0.2, 0.25) is 5.91 Å². The first-order chi connectivity index (χ1) is 12.7. The minimum absolute atomic E-state index is 0.0524. The van der Waals surface area contributed by atoms with E-state index < -0.39 is 0 Å². The third-order valence-corrected chi connectivity index (χ3v) is 4.41. The minimum atomic E-state index is -0.218. The molecular formula is C23H24N2O. The van der Waals surface area contributed by atoms with Crippen molar-refractivity contribution >= 4 is 5.91 Å². The van der Waals surface area contributed by atoms with E-state index in [-0.39, 0.29) is 11.9 Å². The van der Waals surface area contributed by atoms with Gasteiger partial charge in [0.1, 0.15) is 0 Å². The lowest BCUT2D eigenvalue weighted by Crippen LogP contribution is -2.29. The molecule has 1 aromatic heterocycles. The summed E-state index contributed by atoms with van der Waals surface area (Å²) in [4.78, 5) is 16.9. The number of rotatable bonds is 7. The number of nitrogens with zero attached hydrogens (tertiary/aromatic N) is 1. The number of nitrogens with one attached hydrogen (secondary N) is 1. The second-order valence-corrected chi connectivity index (χ2v) is 6.50. The molecule has 0 saturated heterocycles. The lowest BCUT2D eigenvalue weighted by Gasteiger charge is -2.19. The van der Waals surface area contributed by atoms with Crippen LogP contribution in [0.1, 0.15) is 41.3 Å². The zero-order valence-corrected chi connectivity index (χ0v) is 15.1. The summed E-state index contributed by atoms with van der Waals surface area (Å²) in [5.41, 5.74) is 4.42. The van der Waals surface area contributed by atoms with Gasteiger partial charge in [-0.2, -0.15) is 0 Å². The molecule has 0 bridgehead atoms. The number of hydrogen-bond donors (Lipinski definition) is 1. The number of aryl methyl sites for hydroxylation is 2. The van der Waals surface area contributed by atoms with Crippen molar-refractivity contribution < 1.29 is 4.79 Å². The van der Waals surface area contributed by atoms with E-state index >= 15 is 0 Å². The van der Waals surface area contributed by atoms with Gasteiger partial charge in [0, 0.05) is 12.6 Å². The van der Waals surface area contributed by atoms with Crippen LogP contribution in [0.25, 0.3) is 0 Å². The molecule has 0 spiro atoms. The predicted molar refractivity (Wildman–Crippen MR) is 105 cm³/mol. The number of carbonyl (C=O) groups excluding carboxylic acids is 1. The van der Waals surface area contributed by atoms with E-state index in [9.17, 15) is 4.79 Å². The van der Waals surface area contributed by atoms with E-state index in [2.05, 4.69) is 41.5 Å². The maximum atomic E-state index is 12.5. The third-order valence-electron chi connectivity index (χ3n) is 4.41. The Bertz CT molecular complexity index is 774. The fraction of sp³-hybridized carbons (Fsp3) is 0.217. The second kappa shape index (κ2) is 8.95. The first-order valence-corrected chi connectivity index (χ1v) is 9.03. The summed E-state index contributed by atoms with van der Waals surface area (Å²) >= 11 is 0. The first kappa shape index (κ1) is 17.9. The van der Waals surface area contributed by atoms with Crippen molar-refractivity contribution in [2.75, 3.05) is 0 Å². The molecule has 1 atom stereocenters. The second-order valence-electron chi connectivity index (χ2n) is 6.50. The molecule has 3 nitrogen and oxygen atoms in total. The largest absolute Gasteiger partial charge is 0.344 e. The van der Waals surface area contributed by atoms with Gasteiger partial charge in [-0.05, 0) is 43.0 Å². The van der Waals surface area contributed by atoms with Gasteiger partial charge in [-0.25, -0.2) is 0 Å². The average molecular weight is 344 g/mol. The van der Waals surface area contributed by atoms with Crippen LogP contribution in [0.15, 0.2) is 79.0 Å². The highest BCUT2D eigenvalue weighted by Gasteiger charge is 2.17. The van der Waals surface area contributed by atoms with E-state index in [0.29, 0.717) is 6.42 Å². The van der Waals surface area contributed by atoms with Gasteiger partial charge in [-0.3, -0.25) is 9.78 Å². The quantitative estimate of drug-likeness (QED) is 0.679. The summed E-state index contributed by atoms with van der Waals surface area (Å²) in [7, 11) is 0. The van der Waals surface area contributed by atoms with Crippen molar-refractivity contribution in [3.63, 3.8) is 0 Å². The van der Waals surface area contributed by atoms with Crippen LogP contribution < -0.4 is 5.32 Å². The number of hydrogen-bond acceptors (Lipinski definition) is 2. The smallest absolute Gasteiger partial charge is 0.220 e. The summed E-state index contributed by atoms with van der Waals surface area (Å²) < 4.78 is 0. The van der Waals surface area contributed by atoms with Gasteiger partial charge in [0.25, 0.3) is 0 Å². The third kappa shape index (κ3) is 5.03. The number of aromatic nitrogens is 1. The average Bonchev–Trinajstić information content (AvgIpc) is 2.69. The van der Waals surface area contributed by atoms with Crippen molar-refractivity contribution in [3.05, 3.63) is 101 Å². The van der Waals surface area contributed by atoms with Crippen LogP contribution in [0.2, 0.25) is 0 Å². The normalized spacial score (nSPS) is 11.7. The highest BCUT2D eigenvalue weighted by Crippen LogP contribution is 2.20. The van der Waals surface area contributed by atoms with Crippen molar-refractivity contribution in [1.29, 1.82) is 0 Å². The van der Waals surface area contributed by atoms with Gasteiger partial charge < -0.3 is 5.32 Å². The molecule has 0 aliphatic rings. The van der Waals surface area contributed by atoms with Gasteiger partial charge in [0.05, 0.1) is 11.7 Å². The molecule has 0 saturated carbocycles. The molecule has 1 N–H and O–H groups in total. The maximum absolute atomic E-state index is 12.5. The molecule has 0 aliphatic heterocycles. The number of carbonyl (C=O) groups is 1. The summed E-state index contributed by atoms with van der Waals surface area (Å²) in [5, 5.41) is 3.14. The lowest BCUT2D eigenvalue weighted by molar-refractivity contribution is -0.121. The van der Waals surface area contributed by atoms with Crippen LogP contribution in [0.4, 0.5) is 0 Å². The van der Waals surface area contributed by atoms with Crippen LogP contribution in [0, 0.1) is 6.92 Å². The van der Waals surface area contributed by atoms with Crippen molar-refractivity contribution in [1.82, 2.24) is 10.3 Å². The van der Waals surface area contributed by atoms with E-state index in [1.807, 2.05) is 48.5 Å². The monoisotopic (exact) mass is 344 g/mol. The fourth-order valence-electron chi connectivity index (χ4n) is 2.96. The van der Waals surface area contributed by atoms with E-state index in [1.165, 1.54) is 11.1 Å². The van der Waals surface area contributed by atoms with Gasteiger partial charge >= 0.3 is 0 Å². The minimum Gasteiger partial charge on any atom is -0.344 e. The zero-order chi connectivity index (χ0) is 18.2. The SMILES string of the molecule is Cc1ccc(CCCC(=O)NC(c2ccccc2)c2ccccn2)cc1. The lowest BCUT2D eigenvalue weighted by atomic mass is 10.0. The Morgan fingerprint density at radius 2 is 1.69 bits per heavy atom. The molecule has 1 unspecified atom stereocenters. The Hall–Kier alpha value is -2.94. The topological polar surface area (TPSA) is 42.0 Å². The summed E-state index contributed by atoms with van der Waals surface area (Å²) in [6, 6.07) is 24.0.